The van der Waals surface area contributed by atoms with Gasteiger partial charge in [0.05, 0.1) is 6.61 Å². The van der Waals surface area contributed by atoms with E-state index in [1.165, 1.54) is 6.08 Å². The maximum absolute atomic E-state index is 12.5. The number of carbonyl (C=O) groups excluding carboxylic acids is 1. The van der Waals surface area contributed by atoms with Gasteiger partial charge in [0.15, 0.2) is 5.54 Å². The molecular weight excluding hydrogens is 326 g/mol. The van der Waals surface area contributed by atoms with Gasteiger partial charge in [-0.25, -0.2) is 14.4 Å². The Hall–Kier alpha value is -2.05. The van der Waals surface area contributed by atoms with Crippen molar-refractivity contribution >= 4 is 18.0 Å². The van der Waals surface area contributed by atoms with Crippen LogP contribution in [-0.4, -0.2) is 51.8 Å². The Balaban J connectivity index is 3.77. The lowest BCUT2D eigenvalue weighted by atomic mass is 9.58. The van der Waals surface area contributed by atoms with Gasteiger partial charge in [0, 0.05) is 18.5 Å². The van der Waals surface area contributed by atoms with Crippen LogP contribution in [0.25, 0.3) is 0 Å². The van der Waals surface area contributed by atoms with Crippen LogP contribution in [0.5, 0.6) is 0 Å². The summed E-state index contributed by atoms with van der Waals surface area (Å²) in [7, 11) is 0. The molecule has 1 heterocycles. The third-order valence-corrected chi connectivity index (χ3v) is 4.71. The summed E-state index contributed by atoms with van der Waals surface area (Å²) in [5, 5.41) is 19.9. The van der Waals surface area contributed by atoms with E-state index in [4.69, 9.17) is 4.74 Å². The molecule has 1 fully saturated rings. The van der Waals surface area contributed by atoms with Crippen molar-refractivity contribution in [3.05, 3.63) is 11.6 Å². The van der Waals surface area contributed by atoms with E-state index in [2.05, 4.69) is 0 Å². The van der Waals surface area contributed by atoms with Crippen molar-refractivity contribution in [1.82, 2.24) is 4.90 Å². The largest absolute Gasteiger partial charge is 0.479 e. The van der Waals surface area contributed by atoms with Crippen molar-refractivity contribution in [2.75, 3.05) is 13.2 Å². The second-order valence-corrected chi connectivity index (χ2v) is 8.46. The zero-order chi connectivity index (χ0) is 19.8. The molecule has 7 nitrogen and oxygen atoms in total. The summed E-state index contributed by atoms with van der Waals surface area (Å²) in [5.74, 6) is -2.49. The average molecular weight is 355 g/mol. The van der Waals surface area contributed by atoms with Crippen molar-refractivity contribution in [1.29, 1.82) is 0 Å². The van der Waals surface area contributed by atoms with E-state index in [-0.39, 0.29) is 13.2 Å². The summed E-state index contributed by atoms with van der Waals surface area (Å²) in [6, 6.07) is 0. The van der Waals surface area contributed by atoms with E-state index in [0.29, 0.717) is 5.57 Å². The van der Waals surface area contributed by atoms with Crippen LogP contribution in [-0.2, 0) is 14.3 Å². The predicted molar refractivity (Wildman–Crippen MR) is 92.2 cm³/mol. The van der Waals surface area contributed by atoms with Crippen molar-refractivity contribution < 1.29 is 29.3 Å². The van der Waals surface area contributed by atoms with Gasteiger partial charge in [-0.3, -0.25) is 4.90 Å². The molecule has 0 aromatic heterocycles. The molecule has 2 N–H and O–H groups in total. The Morgan fingerprint density at radius 3 is 2.04 bits per heavy atom. The summed E-state index contributed by atoms with van der Waals surface area (Å²) in [6.45, 7) is 12.4. The molecule has 0 saturated carbocycles. The van der Waals surface area contributed by atoms with Crippen LogP contribution in [0, 0.1) is 16.7 Å². The standard InChI is InChI=1S/C18H29NO6/c1-8-25-12(20)9-11-10-19(15(23)24)18(14(21)22,17(5,6)7)13(11)16(2,3)4/h9,13H,8,10H2,1-7H3,(H,21,22)(H,23,24)/t13?,18-/m1/s1. The fraction of sp³-hybridized carbons (Fsp3) is 0.722. The number of esters is 1. The van der Waals surface area contributed by atoms with Crippen LogP contribution < -0.4 is 0 Å². The number of rotatable bonds is 3. The maximum atomic E-state index is 12.5. The first-order valence-electron chi connectivity index (χ1n) is 8.32. The number of ether oxygens (including phenoxy) is 1. The second-order valence-electron chi connectivity index (χ2n) is 8.46. The van der Waals surface area contributed by atoms with Crippen molar-refractivity contribution in [2.24, 2.45) is 16.7 Å². The number of carbonyl (C=O) groups is 3. The fourth-order valence-corrected chi connectivity index (χ4v) is 4.09. The summed E-state index contributed by atoms with van der Waals surface area (Å²) in [6.07, 6.45) is -0.0648. The van der Waals surface area contributed by atoms with Crippen LogP contribution >= 0.6 is 0 Å². The number of carboxylic acid groups (broad SMARTS) is 2. The van der Waals surface area contributed by atoms with Crippen molar-refractivity contribution in [3.8, 4) is 0 Å². The van der Waals surface area contributed by atoms with E-state index < -0.39 is 40.3 Å². The van der Waals surface area contributed by atoms with Gasteiger partial charge in [0.1, 0.15) is 0 Å². The molecule has 142 valence electrons. The highest BCUT2D eigenvalue weighted by molar-refractivity contribution is 5.90. The number of nitrogens with zero attached hydrogens (tertiary/aromatic N) is 1. The Kier molecular flexibility index (Phi) is 5.62. The monoisotopic (exact) mass is 355 g/mol. The number of hydrogen-bond donors (Lipinski definition) is 2. The van der Waals surface area contributed by atoms with E-state index in [1.807, 2.05) is 20.8 Å². The molecule has 1 aliphatic rings. The highest BCUT2D eigenvalue weighted by Crippen LogP contribution is 2.56. The average Bonchev–Trinajstić information content (AvgIpc) is 2.74. The molecule has 0 aromatic carbocycles. The Labute approximate surface area is 148 Å². The quantitative estimate of drug-likeness (QED) is 0.596. The van der Waals surface area contributed by atoms with E-state index in [0.717, 1.165) is 4.90 Å². The highest BCUT2D eigenvalue weighted by atomic mass is 16.5. The molecule has 1 aliphatic heterocycles. The first kappa shape index (κ1) is 21.0. The van der Waals surface area contributed by atoms with Gasteiger partial charge in [-0.05, 0) is 23.3 Å². The van der Waals surface area contributed by atoms with Crippen LogP contribution in [0.2, 0.25) is 0 Å². The zero-order valence-corrected chi connectivity index (χ0v) is 16.0. The number of carboxylic acids is 1. The first-order valence-corrected chi connectivity index (χ1v) is 8.32. The molecule has 0 bridgehead atoms. The SMILES string of the molecule is CCOC(=O)C=C1CN(C(=O)O)[C@](C(=O)O)(C(C)(C)C)C1C(C)(C)C. The third-order valence-electron chi connectivity index (χ3n) is 4.71. The molecule has 7 heteroatoms. The van der Waals surface area contributed by atoms with Gasteiger partial charge in [-0.15, -0.1) is 0 Å². The molecule has 0 aromatic rings. The third kappa shape index (κ3) is 3.50. The van der Waals surface area contributed by atoms with Gasteiger partial charge in [0.2, 0.25) is 0 Å². The lowest BCUT2D eigenvalue weighted by Gasteiger charge is -2.50. The van der Waals surface area contributed by atoms with E-state index in [1.54, 1.807) is 27.7 Å². The molecule has 25 heavy (non-hydrogen) atoms. The molecule has 0 aliphatic carbocycles. The van der Waals surface area contributed by atoms with Crippen molar-refractivity contribution in [2.45, 2.75) is 54.0 Å². The van der Waals surface area contributed by atoms with Crippen LogP contribution in [0.1, 0.15) is 48.5 Å². The Bertz CT molecular complexity index is 596. The minimum Gasteiger partial charge on any atom is -0.479 e. The predicted octanol–water partition coefficient (Wildman–Crippen LogP) is 3.00. The van der Waals surface area contributed by atoms with Crippen LogP contribution in [0.4, 0.5) is 4.79 Å². The summed E-state index contributed by atoms with van der Waals surface area (Å²) in [5.41, 5.74) is -2.73. The summed E-state index contributed by atoms with van der Waals surface area (Å²) >= 11 is 0. The van der Waals surface area contributed by atoms with Crippen LogP contribution in [0.15, 0.2) is 11.6 Å². The topological polar surface area (TPSA) is 104 Å². The second kappa shape index (κ2) is 6.69. The minimum atomic E-state index is -1.70. The molecule has 1 unspecified atom stereocenters. The maximum Gasteiger partial charge on any atom is 0.408 e. The number of aliphatic carboxylic acids is 1. The summed E-state index contributed by atoms with van der Waals surface area (Å²) < 4.78 is 4.95. The van der Waals surface area contributed by atoms with Gasteiger partial charge in [0.25, 0.3) is 0 Å². The minimum absolute atomic E-state index is 0.139. The fourth-order valence-electron chi connectivity index (χ4n) is 4.09. The molecule has 1 amide bonds. The van der Waals surface area contributed by atoms with Gasteiger partial charge in [-0.1, -0.05) is 41.5 Å². The Morgan fingerprint density at radius 2 is 1.72 bits per heavy atom. The van der Waals surface area contributed by atoms with Crippen LogP contribution in [0.3, 0.4) is 0 Å². The highest BCUT2D eigenvalue weighted by Gasteiger charge is 2.67. The zero-order valence-electron chi connectivity index (χ0n) is 16.0. The Morgan fingerprint density at radius 1 is 1.20 bits per heavy atom. The lowest BCUT2D eigenvalue weighted by Crippen LogP contribution is -2.65. The summed E-state index contributed by atoms with van der Waals surface area (Å²) in [4.78, 5) is 37.3. The smallest absolute Gasteiger partial charge is 0.408 e. The molecule has 0 radical (unpaired) electrons. The van der Waals surface area contributed by atoms with E-state index in [9.17, 15) is 24.6 Å². The number of hydrogen-bond acceptors (Lipinski definition) is 4. The number of likely N-dealkylation sites (tertiary alicyclic amines) is 1. The molecule has 1 saturated heterocycles. The van der Waals surface area contributed by atoms with Gasteiger partial charge in [-0.2, -0.15) is 0 Å². The molecule has 1 rings (SSSR count). The molecule has 2 atom stereocenters. The van der Waals surface area contributed by atoms with Gasteiger partial charge < -0.3 is 14.9 Å². The van der Waals surface area contributed by atoms with E-state index >= 15 is 0 Å². The van der Waals surface area contributed by atoms with Crippen molar-refractivity contribution in [3.63, 3.8) is 0 Å². The first-order chi connectivity index (χ1) is 11.2. The lowest BCUT2D eigenvalue weighted by molar-refractivity contribution is -0.162. The molecule has 0 spiro atoms. The normalized spacial score (nSPS) is 26.0. The molecular formula is C18H29NO6. The number of amides is 1. The van der Waals surface area contributed by atoms with Gasteiger partial charge >= 0.3 is 18.0 Å².